The predicted molar refractivity (Wildman–Crippen MR) is 116 cm³/mol. The predicted octanol–water partition coefficient (Wildman–Crippen LogP) is 5.83. The van der Waals surface area contributed by atoms with Crippen molar-refractivity contribution >= 4 is 26.5 Å². The topological polar surface area (TPSA) is 68.9 Å². The van der Waals surface area contributed by atoms with Crippen LogP contribution in [-0.2, 0) is 16.0 Å². The molecule has 0 spiro atoms. The van der Waals surface area contributed by atoms with Gasteiger partial charge in [-0.2, -0.15) is 13.2 Å². The summed E-state index contributed by atoms with van der Waals surface area (Å²) in [5, 5.41) is 0.433. The molecule has 0 fully saturated rings. The van der Waals surface area contributed by atoms with Crippen molar-refractivity contribution < 1.29 is 30.7 Å². The van der Waals surface area contributed by atoms with Crippen LogP contribution in [0.3, 0.4) is 0 Å². The summed E-state index contributed by atoms with van der Waals surface area (Å²) in [6, 6.07) is 16.8. The number of benzene rings is 3. The van der Waals surface area contributed by atoms with E-state index in [1.54, 1.807) is 30.3 Å². The summed E-state index contributed by atoms with van der Waals surface area (Å²) in [5.41, 5.74) is -0.288. The third-order valence-corrected chi connectivity index (χ3v) is 6.71. The lowest BCUT2D eigenvalue weighted by atomic mass is 10.2. The molecule has 3 aromatic carbocycles. The maximum Gasteiger partial charge on any atom is 0.416 e. The van der Waals surface area contributed by atoms with E-state index in [0.717, 1.165) is 17.7 Å². The average molecular weight is 473 g/mol. The molecule has 5 nitrogen and oxygen atoms in total. The molecule has 0 aliphatic carbocycles. The first kappa shape index (κ1) is 22.6. The molecule has 0 unspecified atom stereocenters. The van der Waals surface area contributed by atoms with E-state index in [4.69, 9.17) is 9.15 Å². The van der Waals surface area contributed by atoms with E-state index in [9.17, 15) is 21.6 Å². The molecule has 0 radical (unpaired) electrons. The van der Waals surface area contributed by atoms with Gasteiger partial charge >= 0.3 is 6.18 Å². The Kier molecular flexibility index (Phi) is 5.75. The van der Waals surface area contributed by atoms with Crippen molar-refractivity contribution in [2.24, 2.45) is 4.99 Å². The van der Waals surface area contributed by atoms with Crippen LogP contribution in [0.4, 0.5) is 18.9 Å². The van der Waals surface area contributed by atoms with Gasteiger partial charge in [0.25, 0.3) is 0 Å². The number of alkyl halides is 3. The summed E-state index contributed by atoms with van der Waals surface area (Å²) in [7, 11) is -2.69. The maximum absolute atomic E-state index is 13.4. The monoisotopic (exact) mass is 473 g/mol. The van der Waals surface area contributed by atoms with E-state index in [2.05, 4.69) is 4.99 Å². The molecule has 0 aliphatic heterocycles. The highest BCUT2D eigenvalue weighted by molar-refractivity contribution is 7.91. The molecule has 9 heteroatoms. The zero-order chi connectivity index (χ0) is 23.8. The number of methoxy groups -OCH3 is 1. The first-order valence-corrected chi connectivity index (χ1v) is 11.2. The number of halogens is 3. The SMILES string of the molecule is COc1cccc2cc(S(=O)(=O)c3ccc(C)cc3)c(=Nc3cccc(C(F)(F)F)c3)oc12. The van der Waals surface area contributed by atoms with E-state index in [1.165, 1.54) is 37.4 Å². The lowest BCUT2D eigenvalue weighted by molar-refractivity contribution is -0.137. The van der Waals surface area contributed by atoms with Crippen LogP contribution in [0.25, 0.3) is 11.0 Å². The highest BCUT2D eigenvalue weighted by atomic mass is 32.2. The van der Waals surface area contributed by atoms with Gasteiger partial charge in [-0.15, -0.1) is 0 Å². The first-order chi connectivity index (χ1) is 15.6. The van der Waals surface area contributed by atoms with Gasteiger partial charge in [-0.25, -0.2) is 13.4 Å². The minimum atomic E-state index is -4.58. The van der Waals surface area contributed by atoms with Gasteiger partial charge in [0.15, 0.2) is 11.3 Å². The minimum Gasteiger partial charge on any atom is -0.493 e. The molecule has 33 heavy (non-hydrogen) atoms. The van der Waals surface area contributed by atoms with Crippen molar-refractivity contribution in [1.29, 1.82) is 0 Å². The molecule has 0 saturated carbocycles. The van der Waals surface area contributed by atoms with Gasteiger partial charge in [0.05, 0.1) is 23.3 Å². The van der Waals surface area contributed by atoms with Gasteiger partial charge in [-0.3, -0.25) is 0 Å². The van der Waals surface area contributed by atoms with Crippen molar-refractivity contribution in [2.45, 2.75) is 22.9 Å². The number of sulfone groups is 1. The Morgan fingerprint density at radius 1 is 0.939 bits per heavy atom. The zero-order valence-electron chi connectivity index (χ0n) is 17.6. The van der Waals surface area contributed by atoms with Crippen LogP contribution in [0.15, 0.2) is 92.0 Å². The average Bonchev–Trinajstić information content (AvgIpc) is 2.78. The van der Waals surface area contributed by atoms with E-state index in [-0.39, 0.29) is 26.6 Å². The number of rotatable bonds is 4. The van der Waals surface area contributed by atoms with E-state index in [0.29, 0.717) is 11.1 Å². The van der Waals surface area contributed by atoms with Crippen LogP contribution in [0.1, 0.15) is 11.1 Å². The Labute approximate surface area is 187 Å². The Morgan fingerprint density at radius 2 is 1.64 bits per heavy atom. The summed E-state index contributed by atoms with van der Waals surface area (Å²) >= 11 is 0. The van der Waals surface area contributed by atoms with Gasteiger partial charge in [-0.1, -0.05) is 35.9 Å². The summed E-state index contributed by atoms with van der Waals surface area (Å²) < 4.78 is 77.5. The van der Waals surface area contributed by atoms with Crippen LogP contribution in [0, 0.1) is 6.92 Å². The van der Waals surface area contributed by atoms with Crippen LogP contribution in [0.2, 0.25) is 0 Å². The van der Waals surface area contributed by atoms with E-state index >= 15 is 0 Å². The lowest BCUT2D eigenvalue weighted by Crippen LogP contribution is -2.16. The number of ether oxygens (including phenoxy) is 1. The fourth-order valence-corrected chi connectivity index (χ4v) is 4.60. The summed E-state index contributed by atoms with van der Waals surface area (Å²) in [6.07, 6.45) is -4.58. The first-order valence-electron chi connectivity index (χ1n) is 9.74. The zero-order valence-corrected chi connectivity index (χ0v) is 18.4. The third-order valence-electron chi connectivity index (χ3n) is 4.95. The van der Waals surface area contributed by atoms with Gasteiger partial charge in [0, 0.05) is 5.39 Å². The number of aryl methyl sites for hydroxylation is 1. The number of hydrogen-bond acceptors (Lipinski definition) is 5. The molecular formula is C24H18F3NO4S. The molecule has 170 valence electrons. The minimum absolute atomic E-state index is 0.00559. The Balaban J connectivity index is 2.03. The second-order valence-electron chi connectivity index (χ2n) is 7.27. The molecular weight excluding hydrogens is 455 g/mol. The van der Waals surface area contributed by atoms with Gasteiger partial charge in [0.2, 0.25) is 15.4 Å². The highest BCUT2D eigenvalue weighted by Crippen LogP contribution is 2.32. The molecule has 0 amide bonds. The Morgan fingerprint density at radius 3 is 2.30 bits per heavy atom. The largest absolute Gasteiger partial charge is 0.493 e. The molecule has 4 rings (SSSR count). The number of fused-ring (bicyclic) bond motifs is 1. The third kappa shape index (κ3) is 4.49. The lowest BCUT2D eigenvalue weighted by Gasteiger charge is -2.10. The molecule has 4 aromatic rings. The van der Waals surface area contributed by atoms with Crippen molar-refractivity contribution in [3.8, 4) is 5.75 Å². The van der Waals surface area contributed by atoms with Crippen molar-refractivity contribution in [1.82, 2.24) is 0 Å². The number of nitrogens with zero attached hydrogens (tertiary/aromatic N) is 1. The van der Waals surface area contributed by atoms with Crippen LogP contribution in [-0.4, -0.2) is 15.5 Å². The summed E-state index contributed by atoms with van der Waals surface area (Å²) in [4.78, 5) is 3.88. The van der Waals surface area contributed by atoms with E-state index < -0.39 is 21.6 Å². The van der Waals surface area contributed by atoms with Crippen molar-refractivity contribution in [3.05, 3.63) is 89.5 Å². The molecule has 0 aliphatic rings. The maximum atomic E-state index is 13.4. The van der Waals surface area contributed by atoms with E-state index in [1.807, 2.05) is 6.92 Å². The molecule has 1 heterocycles. The second kappa shape index (κ2) is 8.40. The van der Waals surface area contributed by atoms with Crippen LogP contribution in [0.5, 0.6) is 5.75 Å². The fraction of sp³-hybridized carbons (Fsp3) is 0.125. The van der Waals surface area contributed by atoms with Crippen LogP contribution < -0.4 is 10.3 Å². The molecule has 1 aromatic heterocycles. The molecule has 0 saturated heterocycles. The van der Waals surface area contributed by atoms with Crippen molar-refractivity contribution in [2.75, 3.05) is 7.11 Å². The second-order valence-corrected chi connectivity index (χ2v) is 9.19. The highest BCUT2D eigenvalue weighted by Gasteiger charge is 2.30. The Hall–Kier alpha value is -3.59. The molecule has 0 atom stereocenters. The molecule has 0 bridgehead atoms. The standard InChI is InChI=1S/C24H18F3NO4S/c1-15-9-11-19(12-10-15)33(29,30)21-13-16-5-3-8-20(31-2)22(16)32-23(21)28-18-7-4-6-17(14-18)24(25,26)27/h3-14H,1-2H3. The summed E-state index contributed by atoms with van der Waals surface area (Å²) in [5.74, 6) is 0.326. The Bertz CT molecular complexity index is 1510. The normalized spacial score (nSPS) is 12.8. The van der Waals surface area contributed by atoms with Gasteiger partial charge in [0.1, 0.15) is 4.90 Å². The van der Waals surface area contributed by atoms with Gasteiger partial charge in [-0.05, 0) is 49.4 Å². The molecule has 0 N–H and O–H groups in total. The fourth-order valence-electron chi connectivity index (χ4n) is 3.25. The number of hydrogen-bond donors (Lipinski definition) is 0. The van der Waals surface area contributed by atoms with Crippen molar-refractivity contribution in [3.63, 3.8) is 0 Å². The quantitative estimate of drug-likeness (QED) is 0.374. The van der Waals surface area contributed by atoms with Crippen LogP contribution >= 0.6 is 0 Å². The smallest absolute Gasteiger partial charge is 0.416 e. The van der Waals surface area contributed by atoms with Gasteiger partial charge < -0.3 is 9.15 Å². The summed E-state index contributed by atoms with van der Waals surface area (Å²) in [6.45, 7) is 1.82. The number of para-hydroxylation sites is 1.